The van der Waals surface area contributed by atoms with Crippen LogP contribution < -0.4 is 10.2 Å². The van der Waals surface area contributed by atoms with Crippen molar-refractivity contribution in [3.05, 3.63) is 83.7 Å². The fraction of sp³-hybridized carbons (Fsp3) is 0.312. The average molecular weight is 520 g/mol. The van der Waals surface area contributed by atoms with Gasteiger partial charge in [0.2, 0.25) is 6.41 Å². The summed E-state index contributed by atoms with van der Waals surface area (Å²) in [6.45, 7) is 7.97. The van der Waals surface area contributed by atoms with E-state index in [9.17, 15) is 4.79 Å². The first-order chi connectivity index (χ1) is 19.0. The van der Waals surface area contributed by atoms with Crippen LogP contribution in [0.1, 0.15) is 49.3 Å². The van der Waals surface area contributed by atoms with Gasteiger partial charge in [-0.3, -0.25) is 9.78 Å². The van der Waals surface area contributed by atoms with E-state index in [0.717, 1.165) is 35.6 Å². The molecule has 3 heterocycles. The minimum atomic E-state index is 0.216. The van der Waals surface area contributed by atoms with Crippen LogP contribution in [0.25, 0.3) is 22.0 Å². The number of carbonyl (C=O) groups excluding carboxylic acids is 1. The lowest BCUT2D eigenvalue weighted by Gasteiger charge is -2.36. The van der Waals surface area contributed by atoms with Gasteiger partial charge in [-0.1, -0.05) is 30.3 Å². The Kier molecular flexibility index (Phi) is 7.85. The molecule has 0 bridgehead atoms. The number of nitrogens with one attached hydrogen (secondary N) is 1. The van der Waals surface area contributed by atoms with Gasteiger partial charge in [-0.25, -0.2) is 4.98 Å². The van der Waals surface area contributed by atoms with Crippen LogP contribution in [0.3, 0.4) is 0 Å². The summed E-state index contributed by atoms with van der Waals surface area (Å²) in [5.41, 5.74) is 7.49. The van der Waals surface area contributed by atoms with E-state index in [4.69, 9.17) is 15.0 Å². The number of morpholine rings is 1. The number of nitrogens with zero attached hydrogens (tertiary/aromatic N) is 4. The second-order valence-electron chi connectivity index (χ2n) is 10.3. The normalized spacial score (nSPS) is 18.6. The number of fused-ring (bicyclic) bond motifs is 1. The fourth-order valence-electron chi connectivity index (χ4n) is 5.31. The molecule has 39 heavy (non-hydrogen) atoms. The Morgan fingerprint density at radius 1 is 1.00 bits per heavy atom. The van der Waals surface area contributed by atoms with E-state index in [1.54, 1.807) is 6.20 Å². The van der Waals surface area contributed by atoms with Gasteiger partial charge in [0.25, 0.3) is 0 Å². The highest BCUT2D eigenvalue weighted by atomic mass is 16.5. The average Bonchev–Trinajstić information content (AvgIpc) is 3.78. The molecular formula is C32H33N5O2. The zero-order valence-electron chi connectivity index (χ0n) is 22.6. The van der Waals surface area contributed by atoms with E-state index < -0.39 is 0 Å². The monoisotopic (exact) mass is 519 g/mol. The number of rotatable bonds is 5. The van der Waals surface area contributed by atoms with Crippen molar-refractivity contribution < 1.29 is 9.53 Å². The predicted octanol–water partition coefficient (Wildman–Crippen LogP) is 6.22. The SMILES string of the molecule is CC1CN(c2ccc(NC=O)cn2)CC(C)O1.Cc1cnc2c(-c3ccc(C#N)cc3)cccc2c1C1CC1. The maximum Gasteiger partial charge on any atom is 0.211 e. The first-order valence-corrected chi connectivity index (χ1v) is 13.4. The molecule has 2 unspecified atom stereocenters. The number of benzene rings is 2. The quantitative estimate of drug-likeness (QED) is 0.315. The van der Waals surface area contributed by atoms with Gasteiger partial charge in [-0.05, 0) is 80.5 Å². The maximum atomic E-state index is 10.3. The van der Waals surface area contributed by atoms with Crippen LogP contribution >= 0.6 is 0 Å². The van der Waals surface area contributed by atoms with Crippen LogP contribution in [0.4, 0.5) is 11.5 Å². The molecule has 1 saturated carbocycles. The fourth-order valence-corrected chi connectivity index (χ4v) is 5.31. The standard InChI is InChI=1S/C20H16N2.C12H17N3O2/c1-13-12-22-20-17(15-7-5-14(11-21)6-8-15)3-2-4-18(20)19(13)16-9-10-16;1-9-6-15(7-10(2)17-9)12-4-3-11(5-13-12)14-8-16/h2-8,12,16H,9-10H2,1H3;3-5,8-10H,6-7H2,1-2H3,(H,14,16). The first kappa shape index (κ1) is 26.3. The molecule has 1 saturated heterocycles. The first-order valence-electron chi connectivity index (χ1n) is 13.4. The third-order valence-corrected chi connectivity index (χ3v) is 7.17. The Labute approximate surface area is 229 Å². The zero-order chi connectivity index (χ0) is 27.4. The number of para-hydroxylation sites is 1. The van der Waals surface area contributed by atoms with Gasteiger partial charge in [-0.15, -0.1) is 0 Å². The largest absolute Gasteiger partial charge is 0.372 e. The van der Waals surface area contributed by atoms with Gasteiger partial charge in [-0.2, -0.15) is 5.26 Å². The summed E-state index contributed by atoms with van der Waals surface area (Å²) in [7, 11) is 0. The molecule has 1 aliphatic heterocycles. The third kappa shape index (κ3) is 6.08. The Balaban J connectivity index is 0.000000164. The topological polar surface area (TPSA) is 91.1 Å². The second-order valence-corrected chi connectivity index (χ2v) is 10.3. The van der Waals surface area contributed by atoms with Crippen molar-refractivity contribution in [2.45, 2.75) is 51.7 Å². The van der Waals surface area contributed by atoms with Crippen molar-refractivity contribution in [2.24, 2.45) is 0 Å². The van der Waals surface area contributed by atoms with Crippen LogP contribution in [0.2, 0.25) is 0 Å². The number of aryl methyl sites for hydroxylation is 1. The number of amides is 1. The Morgan fingerprint density at radius 2 is 1.74 bits per heavy atom. The summed E-state index contributed by atoms with van der Waals surface area (Å²) in [5.74, 6) is 1.63. The van der Waals surface area contributed by atoms with E-state index >= 15 is 0 Å². The van der Waals surface area contributed by atoms with Crippen molar-refractivity contribution in [3.8, 4) is 17.2 Å². The van der Waals surface area contributed by atoms with E-state index in [2.05, 4.69) is 60.2 Å². The van der Waals surface area contributed by atoms with Crippen molar-refractivity contribution in [3.63, 3.8) is 0 Å². The number of hydrogen-bond acceptors (Lipinski definition) is 6. The van der Waals surface area contributed by atoms with Crippen LogP contribution in [0, 0.1) is 18.3 Å². The lowest BCUT2D eigenvalue weighted by atomic mass is 9.95. The van der Waals surface area contributed by atoms with Crippen LogP contribution in [0.5, 0.6) is 0 Å². The van der Waals surface area contributed by atoms with Gasteiger partial charge < -0.3 is 15.0 Å². The van der Waals surface area contributed by atoms with Gasteiger partial charge in [0, 0.05) is 30.2 Å². The van der Waals surface area contributed by atoms with Gasteiger partial charge in [0.15, 0.2) is 0 Å². The highest BCUT2D eigenvalue weighted by Gasteiger charge is 2.27. The molecule has 2 aromatic heterocycles. The molecule has 2 atom stereocenters. The van der Waals surface area contributed by atoms with Crippen molar-refractivity contribution in [2.75, 3.05) is 23.3 Å². The minimum absolute atomic E-state index is 0.216. The van der Waals surface area contributed by atoms with Crippen molar-refractivity contribution in [1.29, 1.82) is 5.26 Å². The summed E-state index contributed by atoms with van der Waals surface area (Å²) >= 11 is 0. The lowest BCUT2D eigenvalue weighted by Crippen LogP contribution is -2.45. The molecule has 198 valence electrons. The highest BCUT2D eigenvalue weighted by Crippen LogP contribution is 2.45. The molecule has 1 aliphatic carbocycles. The number of aromatic nitrogens is 2. The Morgan fingerprint density at radius 3 is 2.36 bits per heavy atom. The molecule has 2 aliphatic rings. The molecule has 7 nitrogen and oxygen atoms in total. The van der Waals surface area contributed by atoms with Gasteiger partial charge in [0.05, 0.1) is 41.2 Å². The van der Waals surface area contributed by atoms with E-state index in [1.165, 1.54) is 29.4 Å². The molecule has 6 rings (SSSR count). The zero-order valence-corrected chi connectivity index (χ0v) is 22.6. The predicted molar refractivity (Wildman–Crippen MR) is 155 cm³/mol. The third-order valence-electron chi connectivity index (χ3n) is 7.17. The number of pyridine rings is 2. The molecule has 1 N–H and O–H groups in total. The van der Waals surface area contributed by atoms with Gasteiger partial charge >= 0.3 is 0 Å². The second kappa shape index (κ2) is 11.6. The number of anilines is 2. The summed E-state index contributed by atoms with van der Waals surface area (Å²) in [6.07, 6.45) is 7.33. The van der Waals surface area contributed by atoms with E-state index in [0.29, 0.717) is 23.6 Å². The molecule has 2 fully saturated rings. The number of ether oxygens (including phenoxy) is 1. The molecular weight excluding hydrogens is 486 g/mol. The van der Waals surface area contributed by atoms with Crippen LogP contribution in [0.15, 0.2) is 67.0 Å². The molecule has 1 amide bonds. The Hall–Kier alpha value is -4.28. The van der Waals surface area contributed by atoms with Crippen molar-refractivity contribution >= 4 is 28.8 Å². The summed E-state index contributed by atoms with van der Waals surface area (Å²) in [4.78, 5) is 21.5. The molecule has 4 aromatic rings. The molecule has 0 spiro atoms. The van der Waals surface area contributed by atoms with Gasteiger partial charge in [0.1, 0.15) is 5.82 Å². The minimum Gasteiger partial charge on any atom is -0.372 e. The van der Waals surface area contributed by atoms with E-state index in [1.807, 2.05) is 42.6 Å². The smallest absolute Gasteiger partial charge is 0.211 e. The summed E-state index contributed by atoms with van der Waals surface area (Å²) < 4.78 is 5.67. The van der Waals surface area contributed by atoms with Crippen molar-refractivity contribution in [1.82, 2.24) is 9.97 Å². The Bertz CT molecular complexity index is 1480. The number of nitriles is 1. The highest BCUT2D eigenvalue weighted by molar-refractivity contribution is 5.96. The maximum absolute atomic E-state index is 10.3. The lowest BCUT2D eigenvalue weighted by molar-refractivity contribution is -0.105. The molecule has 2 aromatic carbocycles. The summed E-state index contributed by atoms with van der Waals surface area (Å²) in [5, 5.41) is 12.8. The van der Waals surface area contributed by atoms with Crippen LogP contribution in [-0.2, 0) is 9.53 Å². The number of carbonyl (C=O) groups is 1. The molecule has 7 heteroatoms. The summed E-state index contributed by atoms with van der Waals surface area (Å²) in [6, 6.07) is 20.1. The van der Waals surface area contributed by atoms with Crippen LogP contribution in [-0.4, -0.2) is 41.7 Å². The van der Waals surface area contributed by atoms with E-state index in [-0.39, 0.29) is 12.2 Å². The number of hydrogen-bond donors (Lipinski definition) is 1. The molecule has 0 radical (unpaired) electrons.